The first kappa shape index (κ1) is 19.4. The van der Waals surface area contributed by atoms with Crippen LogP contribution in [-0.4, -0.2) is 103 Å². The van der Waals surface area contributed by atoms with E-state index in [4.69, 9.17) is 9.11 Å². The molecule has 0 amide bonds. The van der Waals surface area contributed by atoms with Gasteiger partial charge in [-0.15, -0.1) is 3.63 Å². The molecule has 11 heavy (non-hydrogen) atoms. The van der Waals surface area contributed by atoms with Gasteiger partial charge in [-0.2, -0.15) is 12.6 Å². The van der Waals surface area contributed by atoms with E-state index in [0.717, 1.165) is 0 Å². The van der Waals surface area contributed by atoms with E-state index < -0.39 is 19.5 Å². The van der Waals surface area contributed by atoms with Crippen LogP contribution in [0.25, 0.3) is 0 Å². The second kappa shape index (κ2) is 7.17. The van der Waals surface area contributed by atoms with Crippen LogP contribution in [0.4, 0.5) is 0 Å². The molecule has 0 saturated heterocycles. The van der Waals surface area contributed by atoms with Gasteiger partial charge in [0.25, 0.3) is 9.05 Å². The molecule has 0 radical (unpaired) electrons. The molecule has 0 aliphatic carbocycles. The van der Waals surface area contributed by atoms with E-state index in [1.807, 2.05) is 0 Å². The normalized spacial score (nSPS) is 15.5. The summed E-state index contributed by atoms with van der Waals surface area (Å²) in [5, 5.41) is 0. The van der Waals surface area contributed by atoms with Gasteiger partial charge >= 0.3 is 91.3 Å². The van der Waals surface area contributed by atoms with Crippen LogP contribution in [0.3, 0.4) is 0 Å². The molecule has 0 spiro atoms. The topological polar surface area (TPSA) is 101 Å². The van der Waals surface area contributed by atoms with Gasteiger partial charge < -0.3 is 0 Å². The first-order valence-corrected chi connectivity index (χ1v) is 5.10. The Morgan fingerprint density at radius 2 is 1.45 bits per heavy atom. The van der Waals surface area contributed by atoms with Gasteiger partial charge in [0.2, 0.25) is 0 Å². The van der Waals surface area contributed by atoms with E-state index in [1.165, 1.54) is 0 Å². The molecule has 11 heteroatoms. The van der Waals surface area contributed by atoms with Crippen LogP contribution in [0.15, 0.2) is 0 Å². The van der Waals surface area contributed by atoms with Crippen LogP contribution in [-0.2, 0) is 34.3 Å². The summed E-state index contributed by atoms with van der Waals surface area (Å²) in [7, 11) is -9.20. The van der Waals surface area contributed by atoms with Crippen LogP contribution in [0.2, 0.25) is 0 Å². The Labute approximate surface area is 134 Å². The zero-order chi connectivity index (χ0) is 7.71. The first-order valence-electron chi connectivity index (χ1n) is 1.37. The molecule has 0 heterocycles. The molecule has 0 rings (SSSR count). The molecule has 6 nitrogen and oxygen atoms in total. The van der Waals surface area contributed by atoms with Gasteiger partial charge in [-0.1, -0.05) is 0 Å². The maximum absolute atomic E-state index is 9.81. The van der Waals surface area contributed by atoms with Crippen molar-refractivity contribution in [3.63, 3.8) is 0 Å². The third-order valence-electron chi connectivity index (χ3n) is 0.172. The van der Waals surface area contributed by atoms with Crippen molar-refractivity contribution in [1.82, 2.24) is 0 Å². The molecule has 0 fully saturated rings. The van der Waals surface area contributed by atoms with Gasteiger partial charge in [0.05, 0.1) is 0 Å². The second-order valence-corrected chi connectivity index (χ2v) is 4.44. The standard InChI is InChI=1S/K.Na.H2O6S3.2H/c;;1-8(2,3)6-9(4,5)7;;/h;;(H,1,2,3)(H,4,5,7);;. The Kier molecular flexibility index (Phi) is 12.7. The predicted octanol–water partition coefficient (Wildman–Crippen LogP) is -2.36. The summed E-state index contributed by atoms with van der Waals surface area (Å²) in [4.78, 5) is 0. The van der Waals surface area contributed by atoms with Crippen molar-refractivity contribution in [2.75, 3.05) is 0 Å². The van der Waals surface area contributed by atoms with Crippen molar-refractivity contribution < 1.29 is 25.4 Å². The Bertz CT molecular complexity index is 243. The Balaban J connectivity index is -0.000000320. The molecule has 1 atom stereocenters. The zero-order valence-electron chi connectivity index (χ0n) is 3.75. The summed E-state index contributed by atoms with van der Waals surface area (Å²) in [5.41, 5.74) is 0. The summed E-state index contributed by atoms with van der Waals surface area (Å²) in [5.74, 6) is 0. The molecular formula is H4KNaO6S3. The van der Waals surface area contributed by atoms with Gasteiger partial charge in [0.15, 0.2) is 0 Å². The van der Waals surface area contributed by atoms with Crippen LogP contribution in [0, 0.1) is 0 Å². The summed E-state index contributed by atoms with van der Waals surface area (Å²) in [6, 6.07) is 0. The molecule has 0 aromatic heterocycles. The molecule has 0 aliphatic rings. The predicted molar refractivity (Wildman–Crippen MR) is 45.1 cm³/mol. The number of rotatable bonds is 2. The van der Waals surface area contributed by atoms with E-state index in [1.54, 1.807) is 0 Å². The van der Waals surface area contributed by atoms with E-state index in [-0.39, 0.29) is 80.9 Å². The fourth-order valence-corrected chi connectivity index (χ4v) is 1.61. The van der Waals surface area contributed by atoms with Gasteiger partial charge in [-0.3, -0.25) is 9.11 Å². The van der Waals surface area contributed by atoms with Crippen molar-refractivity contribution in [3.8, 4) is 0 Å². The number of hydrogen-bond acceptors (Lipinski definition) is 5. The van der Waals surface area contributed by atoms with Crippen molar-refractivity contribution in [1.29, 1.82) is 0 Å². The van der Waals surface area contributed by atoms with Crippen molar-refractivity contribution in [2.45, 2.75) is 0 Å². The summed E-state index contributed by atoms with van der Waals surface area (Å²) in [6.07, 6.45) is 0. The van der Waals surface area contributed by atoms with Crippen LogP contribution in [0.5, 0.6) is 0 Å². The maximum atomic E-state index is 9.81. The SMILES string of the molecule is O=S(=O)(O)OS(=O)(O)=S.[KH].[NaH]. The summed E-state index contributed by atoms with van der Waals surface area (Å²) < 4.78 is 47.6. The molecular weight excluding hydrogens is 254 g/mol. The van der Waals surface area contributed by atoms with E-state index in [2.05, 4.69) is 14.8 Å². The van der Waals surface area contributed by atoms with Crippen molar-refractivity contribution in [2.24, 2.45) is 0 Å². The number of hydrogen-bond donors (Lipinski definition) is 2. The fraction of sp³-hybridized carbons (Fsp3) is 0. The fourth-order valence-electron chi connectivity index (χ4n) is 0.109. The minimum atomic E-state index is -4.91. The van der Waals surface area contributed by atoms with Gasteiger partial charge in [0.1, 0.15) is 0 Å². The van der Waals surface area contributed by atoms with E-state index >= 15 is 0 Å². The first-order chi connectivity index (χ1) is 3.71. The van der Waals surface area contributed by atoms with E-state index in [9.17, 15) is 12.6 Å². The molecule has 0 aliphatic heterocycles. The summed E-state index contributed by atoms with van der Waals surface area (Å²) in [6.45, 7) is 0. The van der Waals surface area contributed by atoms with Crippen LogP contribution >= 0.6 is 0 Å². The molecule has 1 unspecified atom stereocenters. The summed E-state index contributed by atoms with van der Waals surface area (Å²) >= 11 is 3.55. The van der Waals surface area contributed by atoms with Gasteiger partial charge in [-0.05, 0) is 0 Å². The van der Waals surface area contributed by atoms with Crippen molar-refractivity contribution >= 4 is 112 Å². The molecule has 0 aromatic rings. The van der Waals surface area contributed by atoms with Crippen LogP contribution in [0.1, 0.15) is 0 Å². The minimum absolute atomic E-state index is 0. The molecule has 2 N–H and O–H groups in total. The van der Waals surface area contributed by atoms with Gasteiger partial charge in [0, 0.05) is 11.2 Å². The average Bonchev–Trinajstić information content (AvgIpc) is 1.14. The Morgan fingerprint density at radius 1 is 1.18 bits per heavy atom. The monoisotopic (exact) mass is 258 g/mol. The molecule has 0 bridgehead atoms. The van der Waals surface area contributed by atoms with E-state index in [0.29, 0.717) is 0 Å². The third kappa shape index (κ3) is 19.3. The Morgan fingerprint density at radius 3 is 1.45 bits per heavy atom. The average molecular weight is 258 g/mol. The van der Waals surface area contributed by atoms with Crippen LogP contribution < -0.4 is 0 Å². The zero-order valence-corrected chi connectivity index (χ0v) is 6.20. The molecule has 0 aromatic carbocycles. The molecule has 0 saturated carbocycles. The van der Waals surface area contributed by atoms with Crippen molar-refractivity contribution in [3.05, 3.63) is 0 Å². The second-order valence-electron chi connectivity index (χ2n) is 0.924. The molecule has 60 valence electrons. The third-order valence-corrected chi connectivity index (χ3v) is 2.05. The quantitative estimate of drug-likeness (QED) is 0.422. The Hall–Kier alpha value is 2.84. The van der Waals surface area contributed by atoms with Gasteiger partial charge in [-0.25, -0.2) is 0 Å².